The molecule has 7 heteroatoms. The number of benzene rings is 2. The molecule has 4 rings (SSSR count). The molecule has 0 fully saturated rings. The summed E-state index contributed by atoms with van der Waals surface area (Å²) in [5.74, 6) is -1.93. The van der Waals surface area contributed by atoms with Gasteiger partial charge in [0, 0.05) is 18.8 Å². The van der Waals surface area contributed by atoms with Crippen LogP contribution in [0.5, 0.6) is 0 Å². The number of para-hydroxylation sites is 1. The molecule has 2 aliphatic heterocycles. The normalized spacial score (nSPS) is 15.9. The van der Waals surface area contributed by atoms with E-state index in [4.69, 9.17) is 4.74 Å². The van der Waals surface area contributed by atoms with Gasteiger partial charge in [-0.3, -0.25) is 19.3 Å². The number of nitrogens with zero attached hydrogens (tertiary/aromatic N) is 2. The molecule has 0 saturated carbocycles. The summed E-state index contributed by atoms with van der Waals surface area (Å²) in [4.78, 5) is 53.1. The van der Waals surface area contributed by atoms with Gasteiger partial charge in [-0.15, -0.1) is 6.58 Å². The van der Waals surface area contributed by atoms with E-state index in [-0.39, 0.29) is 29.1 Å². The van der Waals surface area contributed by atoms with Crippen LogP contribution in [0.25, 0.3) is 0 Å². The highest BCUT2D eigenvalue weighted by Crippen LogP contribution is 2.28. The van der Waals surface area contributed by atoms with Crippen LogP contribution in [-0.4, -0.2) is 47.8 Å². The zero-order chi connectivity index (χ0) is 22.1. The molecule has 0 aromatic heterocycles. The molecule has 7 nitrogen and oxygen atoms in total. The second-order valence-corrected chi connectivity index (χ2v) is 7.54. The Labute approximate surface area is 179 Å². The summed E-state index contributed by atoms with van der Waals surface area (Å²) in [6, 6.07) is 11.9. The molecular formula is C24H22N2O5. The molecule has 0 aliphatic carbocycles. The third-order valence-corrected chi connectivity index (χ3v) is 5.53. The maximum atomic E-state index is 13.0. The molecule has 31 heavy (non-hydrogen) atoms. The Morgan fingerprint density at radius 3 is 2.65 bits per heavy atom. The maximum absolute atomic E-state index is 13.0. The first kappa shape index (κ1) is 20.5. The lowest BCUT2D eigenvalue weighted by Gasteiger charge is -2.31. The van der Waals surface area contributed by atoms with Gasteiger partial charge in [-0.2, -0.15) is 0 Å². The minimum absolute atomic E-state index is 0.0922. The summed E-state index contributed by atoms with van der Waals surface area (Å²) in [5, 5.41) is 0. The van der Waals surface area contributed by atoms with Crippen molar-refractivity contribution >= 4 is 29.4 Å². The van der Waals surface area contributed by atoms with Crippen molar-refractivity contribution in [3.63, 3.8) is 0 Å². The van der Waals surface area contributed by atoms with E-state index in [1.807, 2.05) is 24.3 Å². The summed E-state index contributed by atoms with van der Waals surface area (Å²) in [7, 11) is 0. The van der Waals surface area contributed by atoms with Crippen LogP contribution < -0.4 is 4.90 Å². The number of hydrogen-bond donors (Lipinski definition) is 0. The van der Waals surface area contributed by atoms with E-state index >= 15 is 0 Å². The third kappa shape index (κ3) is 3.63. The largest absolute Gasteiger partial charge is 0.449 e. The topological polar surface area (TPSA) is 84.0 Å². The molecule has 1 unspecified atom stereocenters. The molecule has 0 radical (unpaired) electrons. The summed E-state index contributed by atoms with van der Waals surface area (Å²) >= 11 is 0. The molecule has 2 aliphatic rings. The second-order valence-electron chi connectivity index (χ2n) is 7.54. The Morgan fingerprint density at radius 2 is 1.87 bits per heavy atom. The minimum atomic E-state index is -0.999. The van der Waals surface area contributed by atoms with Gasteiger partial charge >= 0.3 is 5.97 Å². The number of carbonyl (C=O) groups is 4. The van der Waals surface area contributed by atoms with Crippen molar-refractivity contribution in [2.24, 2.45) is 0 Å². The Kier molecular flexibility index (Phi) is 5.42. The summed E-state index contributed by atoms with van der Waals surface area (Å²) in [6.45, 7) is 5.73. The summed E-state index contributed by atoms with van der Waals surface area (Å²) in [5.41, 5.74) is 2.42. The Hall–Kier alpha value is -3.74. The fraction of sp³-hybridized carbons (Fsp3) is 0.250. The summed E-state index contributed by atoms with van der Waals surface area (Å²) in [6.07, 6.45) is 2.20. The highest BCUT2D eigenvalue weighted by atomic mass is 16.5. The molecule has 158 valence electrons. The van der Waals surface area contributed by atoms with Gasteiger partial charge in [0.1, 0.15) is 0 Å². The number of fused-ring (bicyclic) bond motifs is 2. The van der Waals surface area contributed by atoms with Gasteiger partial charge < -0.3 is 9.64 Å². The fourth-order valence-corrected chi connectivity index (χ4v) is 3.97. The predicted molar refractivity (Wildman–Crippen MR) is 114 cm³/mol. The van der Waals surface area contributed by atoms with E-state index in [9.17, 15) is 19.2 Å². The zero-order valence-corrected chi connectivity index (χ0v) is 17.2. The van der Waals surface area contributed by atoms with Gasteiger partial charge in [0.2, 0.25) is 0 Å². The molecule has 3 amide bonds. The Bertz CT molecular complexity index is 1110. The average Bonchev–Trinajstić information content (AvgIpc) is 3.02. The fourth-order valence-electron chi connectivity index (χ4n) is 3.97. The first-order valence-corrected chi connectivity index (χ1v) is 10.1. The highest BCUT2D eigenvalue weighted by Gasteiger charge is 2.36. The van der Waals surface area contributed by atoms with Gasteiger partial charge in [0.15, 0.2) is 6.10 Å². The summed E-state index contributed by atoms with van der Waals surface area (Å²) < 4.78 is 5.41. The van der Waals surface area contributed by atoms with E-state index in [1.165, 1.54) is 31.2 Å². The van der Waals surface area contributed by atoms with E-state index < -0.39 is 23.9 Å². The average molecular weight is 418 g/mol. The molecule has 2 aromatic rings. The van der Waals surface area contributed by atoms with Crippen LogP contribution in [0.15, 0.2) is 55.1 Å². The molecule has 2 heterocycles. The van der Waals surface area contributed by atoms with E-state index in [1.54, 1.807) is 4.90 Å². The molecular weight excluding hydrogens is 396 g/mol. The van der Waals surface area contributed by atoms with Gasteiger partial charge in [0.25, 0.3) is 17.7 Å². The molecule has 0 bridgehead atoms. The quantitative estimate of drug-likeness (QED) is 0.423. The zero-order valence-electron chi connectivity index (χ0n) is 17.2. The number of rotatable bonds is 5. The van der Waals surface area contributed by atoms with Crippen LogP contribution in [0, 0.1) is 0 Å². The first-order chi connectivity index (χ1) is 14.9. The van der Waals surface area contributed by atoms with Crippen molar-refractivity contribution < 1.29 is 23.9 Å². The molecule has 0 N–H and O–H groups in total. The van der Waals surface area contributed by atoms with Crippen molar-refractivity contribution in [2.75, 3.05) is 18.0 Å². The lowest BCUT2D eigenvalue weighted by atomic mass is 10.0. The number of amides is 3. The smallest absolute Gasteiger partial charge is 0.338 e. The molecule has 1 atom stereocenters. The van der Waals surface area contributed by atoms with Crippen molar-refractivity contribution in [3.8, 4) is 0 Å². The number of hydrogen-bond acceptors (Lipinski definition) is 5. The minimum Gasteiger partial charge on any atom is -0.449 e. The number of anilines is 1. The van der Waals surface area contributed by atoms with E-state index in [0.29, 0.717) is 6.54 Å². The van der Waals surface area contributed by atoms with Gasteiger partial charge in [0.05, 0.1) is 16.7 Å². The number of esters is 1. The standard InChI is InChI=1S/C24H22N2O5/c1-3-12-26-22(28)18-11-10-17(14-19(18)23(26)29)24(30)31-15(2)21(27)25-13-6-8-16-7-4-5-9-20(16)25/h3-5,7,9-11,14-15H,1,6,8,12-13H2,2H3. The number of ether oxygens (including phenoxy) is 1. The van der Waals surface area contributed by atoms with Crippen molar-refractivity contribution in [1.29, 1.82) is 0 Å². The lowest BCUT2D eigenvalue weighted by Crippen LogP contribution is -2.42. The third-order valence-electron chi connectivity index (χ3n) is 5.53. The molecule has 0 saturated heterocycles. The molecule has 2 aromatic carbocycles. The van der Waals surface area contributed by atoms with Crippen LogP contribution in [0.2, 0.25) is 0 Å². The van der Waals surface area contributed by atoms with Gasteiger partial charge in [-0.1, -0.05) is 24.3 Å². The van der Waals surface area contributed by atoms with E-state index in [0.717, 1.165) is 29.0 Å². The van der Waals surface area contributed by atoms with Crippen LogP contribution in [0.3, 0.4) is 0 Å². The van der Waals surface area contributed by atoms with Crippen molar-refractivity contribution in [3.05, 3.63) is 77.4 Å². The lowest BCUT2D eigenvalue weighted by molar-refractivity contribution is -0.126. The molecule has 0 spiro atoms. The van der Waals surface area contributed by atoms with Crippen LogP contribution in [0.4, 0.5) is 5.69 Å². The van der Waals surface area contributed by atoms with Crippen molar-refractivity contribution in [1.82, 2.24) is 4.90 Å². The van der Waals surface area contributed by atoms with Crippen LogP contribution >= 0.6 is 0 Å². The van der Waals surface area contributed by atoms with Crippen LogP contribution in [-0.2, 0) is 16.0 Å². The van der Waals surface area contributed by atoms with Gasteiger partial charge in [-0.25, -0.2) is 4.79 Å². The second kappa shape index (κ2) is 8.18. The Morgan fingerprint density at radius 1 is 1.13 bits per heavy atom. The maximum Gasteiger partial charge on any atom is 0.338 e. The number of aryl methyl sites for hydroxylation is 1. The Balaban J connectivity index is 1.50. The van der Waals surface area contributed by atoms with Crippen molar-refractivity contribution in [2.45, 2.75) is 25.9 Å². The van der Waals surface area contributed by atoms with Gasteiger partial charge in [-0.05, 0) is 49.6 Å². The highest BCUT2D eigenvalue weighted by molar-refractivity contribution is 6.22. The van der Waals surface area contributed by atoms with Crippen LogP contribution in [0.1, 0.15) is 50.0 Å². The number of imide groups is 1. The predicted octanol–water partition coefficient (Wildman–Crippen LogP) is 2.99. The SMILES string of the molecule is C=CCN1C(=O)c2ccc(C(=O)OC(C)C(=O)N3CCCc4ccccc43)cc2C1=O. The first-order valence-electron chi connectivity index (χ1n) is 10.1. The number of carbonyl (C=O) groups excluding carboxylic acids is 4. The monoisotopic (exact) mass is 418 g/mol. The van der Waals surface area contributed by atoms with E-state index in [2.05, 4.69) is 6.58 Å².